The van der Waals surface area contributed by atoms with Crippen molar-refractivity contribution >= 4 is 45.9 Å². The van der Waals surface area contributed by atoms with E-state index in [-0.39, 0.29) is 23.2 Å². The van der Waals surface area contributed by atoms with E-state index >= 15 is 0 Å². The van der Waals surface area contributed by atoms with Crippen LogP contribution in [0.25, 0.3) is 0 Å². The number of hydrogen-bond donors (Lipinski definition) is 3. The molecule has 2 aromatic rings. The first-order chi connectivity index (χ1) is 12.1. The maximum Gasteiger partial charge on any atom is 0.321 e. The quantitative estimate of drug-likeness (QED) is 0.530. The third kappa shape index (κ3) is 6.30. The SMILES string of the molecule is Cc1cccc(NC(=O)CSc2nnc(NC(=O)NC(C)(C)C)s2)c1C. The minimum Gasteiger partial charge on any atom is -0.333 e. The molecule has 0 radical (unpaired) electrons. The summed E-state index contributed by atoms with van der Waals surface area (Å²) in [5.74, 6) is 0.106. The Morgan fingerprint density at radius 3 is 2.58 bits per heavy atom. The Bertz CT molecular complexity index is 799. The number of nitrogens with zero attached hydrogens (tertiary/aromatic N) is 2. The number of aromatic nitrogens is 2. The van der Waals surface area contributed by atoms with Gasteiger partial charge in [0, 0.05) is 11.2 Å². The lowest BCUT2D eigenvalue weighted by molar-refractivity contribution is -0.113. The first-order valence-electron chi connectivity index (χ1n) is 8.05. The summed E-state index contributed by atoms with van der Waals surface area (Å²) < 4.78 is 0.618. The molecule has 2 rings (SSSR count). The molecule has 3 amide bonds. The van der Waals surface area contributed by atoms with E-state index in [1.807, 2.05) is 52.8 Å². The van der Waals surface area contributed by atoms with Gasteiger partial charge in [-0.15, -0.1) is 10.2 Å². The van der Waals surface area contributed by atoms with Gasteiger partial charge in [-0.2, -0.15) is 0 Å². The van der Waals surface area contributed by atoms with E-state index in [2.05, 4.69) is 26.1 Å². The zero-order valence-electron chi connectivity index (χ0n) is 15.5. The topological polar surface area (TPSA) is 96.0 Å². The maximum absolute atomic E-state index is 12.1. The van der Waals surface area contributed by atoms with Gasteiger partial charge in [0.2, 0.25) is 11.0 Å². The highest BCUT2D eigenvalue weighted by atomic mass is 32.2. The average Bonchev–Trinajstić information content (AvgIpc) is 2.95. The van der Waals surface area contributed by atoms with Crippen LogP contribution in [0.4, 0.5) is 15.6 Å². The van der Waals surface area contributed by atoms with E-state index in [1.165, 1.54) is 23.1 Å². The molecular formula is C17H23N5O2S2. The minimum atomic E-state index is -0.335. The van der Waals surface area contributed by atoms with Crippen LogP contribution in [0, 0.1) is 13.8 Å². The summed E-state index contributed by atoms with van der Waals surface area (Å²) >= 11 is 2.51. The molecule has 0 fully saturated rings. The van der Waals surface area contributed by atoms with Gasteiger partial charge in [-0.05, 0) is 51.8 Å². The molecule has 0 spiro atoms. The van der Waals surface area contributed by atoms with Crippen molar-refractivity contribution < 1.29 is 9.59 Å². The Kier molecular flexibility index (Phi) is 6.60. The number of benzene rings is 1. The van der Waals surface area contributed by atoms with Crippen LogP contribution in [0.15, 0.2) is 22.5 Å². The molecule has 1 heterocycles. The second-order valence-corrected chi connectivity index (χ2v) is 8.99. The molecular weight excluding hydrogens is 370 g/mol. The molecule has 0 aliphatic heterocycles. The zero-order valence-corrected chi connectivity index (χ0v) is 17.1. The summed E-state index contributed by atoms with van der Waals surface area (Å²) in [7, 11) is 0. The molecule has 0 aliphatic rings. The molecule has 7 nitrogen and oxygen atoms in total. The van der Waals surface area contributed by atoms with Gasteiger partial charge in [0.25, 0.3) is 0 Å². The van der Waals surface area contributed by atoms with Crippen LogP contribution in [0.3, 0.4) is 0 Å². The van der Waals surface area contributed by atoms with Crippen LogP contribution >= 0.6 is 23.1 Å². The molecule has 0 aliphatic carbocycles. The summed E-state index contributed by atoms with van der Waals surface area (Å²) in [6.45, 7) is 9.66. The van der Waals surface area contributed by atoms with E-state index in [1.54, 1.807) is 0 Å². The molecule has 3 N–H and O–H groups in total. The third-order valence-corrected chi connectivity index (χ3v) is 5.29. The Morgan fingerprint density at radius 2 is 1.88 bits per heavy atom. The van der Waals surface area contributed by atoms with Gasteiger partial charge < -0.3 is 10.6 Å². The van der Waals surface area contributed by atoms with Crippen LogP contribution < -0.4 is 16.0 Å². The first kappa shape index (κ1) is 20.2. The number of carbonyl (C=O) groups excluding carboxylic acids is 2. The second kappa shape index (κ2) is 8.50. The summed E-state index contributed by atoms with van der Waals surface area (Å²) in [5.41, 5.74) is 2.66. The van der Waals surface area contributed by atoms with Gasteiger partial charge in [-0.1, -0.05) is 35.2 Å². The Labute approximate surface area is 161 Å². The standard InChI is InChI=1S/C17H23N5O2S2/c1-10-7-6-8-12(11(10)2)18-13(23)9-25-16-22-21-15(26-16)19-14(24)20-17(3,4)5/h6-8H,9H2,1-5H3,(H,18,23)(H2,19,20,21,24). The number of hydrogen-bond acceptors (Lipinski definition) is 6. The van der Waals surface area contributed by atoms with Gasteiger partial charge in [0.05, 0.1) is 5.75 Å². The minimum absolute atomic E-state index is 0.112. The fourth-order valence-electron chi connectivity index (χ4n) is 1.99. The smallest absolute Gasteiger partial charge is 0.321 e. The van der Waals surface area contributed by atoms with Gasteiger partial charge in [0.1, 0.15) is 0 Å². The van der Waals surface area contributed by atoms with Crippen molar-refractivity contribution in [2.75, 3.05) is 16.4 Å². The highest BCUT2D eigenvalue weighted by Gasteiger charge is 2.16. The van der Waals surface area contributed by atoms with E-state index < -0.39 is 0 Å². The predicted molar refractivity (Wildman–Crippen MR) is 107 cm³/mol. The number of thioether (sulfide) groups is 1. The predicted octanol–water partition coefficient (Wildman–Crippen LogP) is 3.81. The Balaban J connectivity index is 1.84. The third-order valence-electron chi connectivity index (χ3n) is 3.32. The number of anilines is 2. The summed E-state index contributed by atoms with van der Waals surface area (Å²) in [6.07, 6.45) is 0. The van der Waals surface area contributed by atoms with E-state index in [4.69, 9.17) is 0 Å². The monoisotopic (exact) mass is 393 g/mol. The normalized spacial score (nSPS) is 11.1. The fraction of sp³-hybridized carbons (Fsp3) is 0.412. The van der Waals surface area contributed by atoms with Gasteiger partial charge in [-0.25, -0.2) is 4.79 Å². The van der Waals surface area contributed by atoms with E-state index in [0.717, 1.165) is 16.8 Å². The Hall–Kier alpha value is -2.13. The van der Waals surface area contributed by atoms with Gasteiger partial charge in [-0.3, -0.25) is 10.1 Å². The lowest BCUT2D eigenvalue weighted by Crippen LogP contribution is -2.43. The number of amides is 3. The highest BCUT2D eigenvalue weighted by molar-refractivity contribution is 8.01. The van der Waals surface area contributed by atoms with Gasteiger partial charge >= 0.3 is 6.03 Å². The van der Waals surface area contributed by atoms with Crippen molar-refractivity contribution in [2.24, 2.45) is 0 Å². The van der Waals surface area contributed by atoms with Crippen LogP contribution in [0.1, 0.15) is 31.9 Å². The lowest BCUT2D eigenvalue weighted by atomic mass is 10.1. The number of carbonyl (C=O) groups is 2. The number of nitrogens with one attached hydrogen (secondary N) is 3. The average molecular weight is 394 g/mol. The molecule has 140 valence electrons. The summed E-state index contributed by atoms with van der Waals surface area (Å²) in [4.78, 5) is 23.9. The molecule has 9 heteroatoms. The molecule has 0 saturated carbocycles. The largest absolute Gasteiger partial charge is 0.333 e. The summed E-state index contributed by atoms with van der Waals surface area (Å²) in [5, 5.41) is 16.6. The van der Waals surface area contributed by atoms with Crippen molar-refractivity contribution in [1.29, 1.82) is 0 Å². The molecule has 0 bridgehead atoms. The maximum atomic E-state index is 12.1. The van der Waals surface area contributed by atoms with Crippen molar-refractivity contribution in [3.63, 3.8) is 0 Å². The molecule has 0 unspecified atom stereocenters. The summed E-state index contributed by atoms with van der Waals surface area (Å²) in [6, 6.07) is 5.46. The lowest BCUT2D eigenvalue weighted by Gasteiger charge is -2.19. The molecule has 0 atom stereocenters. The molecule has 1 aromatic carbocycles. The molecule has 26 heavy (non-hydrogen) atoms. The van der Waals surface area contributed by atoms with Crippen molar-refractivity contribution in [3.05, 3.63) is 29.3 Å². The Morgan fingerprint density at radius 1 is 1.15 bits per heavy atom. The van der Waals surface area contributed by atoms with Crippen molar-refractivity contribution in [2.45, 2.75) is 44.5 Å². The van der Waals surface area contributed by atoms with Crippen LogP contribution in [-0.4, -0.2) is 33.4 Å². The second-order valence-electron chi connectivity index (χ2n) is 6.79. The highest BCUT2D eigenvalue weighted by Crippen LogP contribution is 2.26. The van der Waals surface area contributed by atoms with Crippen molar-refractivity contribution in [3.8, 4) is 0 Å². The molecule has 1 aromatic heterocycles. The van der Waals surface area contributed by atoms with Gasteiger partial charge in [0.15, 0.2) is 4.34 Å². The van der Waals surface area contributed by atoms with Crippen LogP contribution in [0.2, 0.25) is 0 Å². The van der Waals surface area contributed by atoms with E-state index in [9.17, 15) is 9.59 Å². The van der Waals surface area contributed by atoms with Crippen LogP contribution in [-0.2, 0) is 4.79 Å². The zero-order chi connectivity index (χ0) is 19.3. The van der Waals surface area contributed by atoms with Crippen LogP contribution in [0.5, 0.6) is 0 Å². The first-order valence-corrected chi connectivity index (χ1v) is 9.86. The van der Waals surface area contributed by atoms with Crippen molar-refractivity contribution in [1.82, 2.24) is 15.5 Å². The number of urea groups is 1. The number of aryl methyl sites for hydroxylation is 1. The molecule has 0 saturated heterocycles. The fourth-order valence-corrected chi connectivity index (χ4v) is 3.53. The number of rotatable bonds is 5. The van der Waals surface area contributed by atoms with E-state index in [0.29, 0.717) is 9.47 Å².